The minimum atomic E-state index is -4.22. The second-order valence-corrected chi connectivity index (χ2v) is 23.9. The van der Waals surface area contributed by atoms with Gasteiger partial charge in [0.25, 0.3) is 26.0 Å². The Morgan fingerprint density at radius 3 is 1.59 bits per heavy atom. The van der Waals surface area contributed by atoms with Crippen molar-refractivity contribution in [2.24, 2.45) is 11.8 Å². The standard InChI is InChI=1S/C55H65N9O8S2/c1-2-3-23-57-53(66)58-25-22-35-15-19-43(20-16-35)74(71,72)63-55(68)61-51-45-11-7-9-37(45)28-41-30-39(32-47(41)51)38-29-40-27-36-8-6-10-44(36)50(46(40)31-38)60-54(67)62-73(69,70)42-17-13-34(14-18-42)21-24-56-52(65)48-33-64-26-5-4-12-49(64)59-48/h13-20,27-28,33,38-39H,2-12,21-26,29-32H2,1H3,(H,56,65)(H2,57,58,66)(H2,60,62,67)(H2,61,63,68). The summed E-state index contributed by atoms with van der Waals surface area (Å²) in [6.45, 7) is 4.26. The van der Waals surface area contributed by atoms with Gasteiger partial charge in [0.1, 0.15) is 11.5 Å². The van der Waals surface area contributed by atoms with Crippen LogP contribution >= 0.6 is 0 Å². The van der Waals surface area contributed by atoms with E-state index in [1.54, 1.807) is 30.5 Å². The van der Waals surface area contributed by atoms with Crippen LogP contribution in [-0.2, 0) is 97.2 Å². The Bertz CT molecular complexity index is 3200. The maximum Gasteiger partial charge on any atom is 0.333 e. The highest BCUT2D eigenvalue weighted by atomic mass is 32.2. The number of unbranched alkanes of at least 4 members (excludes halogenated alkanes) is 1. The van der Waals surface area contributed by atoms with Gasteiger partial charge in [0.15, 0.2) is 0 Å². The number of anilines is 2. The van der Waals surface area contributed by atoms with Gasteiger partial charge in [-0.3, -0.25) is 4.79 Å². The van der Waals surface area contributed by atoms with Gasteiger partial charge in [-0.2, -0.15) is 0 Å². The number of imidazole rings is 1. The molecule has 0 saturated heterocycles. The van der Waals surface area contributed by atoms with E-state index in [1.165, 1.54) is 35.4 Å². The van der Waals surface area contributed by atoms with Crippen LogP contribution in [0.25, 0.3) is 0 Å². The number of amides is 7. The van der Waals surface area contributed by atoms with E-state index in [-0.39, 0.29) is 33.6 Å². The summed E-state index contributed by atoms with van der Waals surface area (Å²) >= 11 is 0. The molecule has 0 spiro atoms. The Hall–Kier alpha value is -6.73. The van der Waals surface area contributed by atoms with E-state index in [9.17, 15) is 36.0 Å². The molecule has 7 N–H and O–H groups in total. The number of hydrogen-bond acceptors (Lipinski definition) is 9. The second-order valence-electron chi connectivity index (χ2n) is 20.5. The fraction of sp³-hybridized carbons (Fsp3) is 0.436. The summed E-state index contributed by atoms with van der Waals surface area (Å²) in [4.78, 5) is 56.5. The van der Waals surface area contributed by atoms with Crippen LogP contribution in [0.4, 0.5) is 25.8 Å². The van der Waals surface area contributed by atoms with Gasteiger partial charge in [0, 0.05) is 50.2 Å². The lowest BCUT2D eigenvalue weighted by Gasteiger charge is -2.19. The average Bonchev–Trinajstić information content (AvgIpc) is 4.24. The van der Waals surface area contributed by atoms with Gasteiger partial charge >= 0.3 is 18.1 Å². The smallest absolute Gasteiger partial charge is 0.333 e. The molecule has 0 fully saturated rings. The molecular weight excluding hydrogens is 979 g/mol. The van der Waals surface area contributed by atoms with Crippen molar-refractivity contribution in [2.75, 3.05) is 30.3 Å². The summed E-state index contributed by atoms with van der Waals surface area (Å²) in [6, 6.07) is 15.2. The number of hydrogen-bond donors (Lipinski definition) is 7. The van der Waals surface area contributed by atoms with Crippen LogP contribution in [0.1, 0.15) is 117 Å². The third-order valence-electron chi connectivity index (χ3n) is 15.5. The highest BCUT2D eigenvalue weighted by molar-refractivity contribution is 7.90. The predicted molar refractivity (Wildman–Crippen MR) is 282 cm³/mol. The van der Waals surface area contributed by atoms with Crippen molar-refractivity contribution in [3.05, 3.63) is 134 Å². The molecule has 5 aliphatic rings. The number of rotatable bonds is 17. The monoisotopic (exact) mass is 1040 g/mol. The number of aryl methyl sites for hydroxylation is 4. The van der Waals surface area contributed by atoms with Crippen molar-refractivity contribution in [2.45, 2.75) is 132 Å². The SMILES string of the molecule is CCCCNC(=O)NCCc1ccc(S(=O)(=O)NC(=O)Nc2c3c(cc4c2CC(C2Cc5cc6c(c(NC(=O)NS(=O)(=O)c7ccc(CCNC(=O)c8cn9c(n8)CCCC9)cc7)c5C2)CCC6)C4)CCC3)cc1. The van der Waals surface area contributed by atoms with E-state index in [0.717, 1.165) is 140 Å². The summed E-state index contributed by atoms with van der Waals surface area (Å²) in [6.07, 6.45) is 15.8. The fourth-order valence-electron chi connectivity index (χ4n) is 11.7. The fourth-order valence-corrected chi connectivity index (χ4v) is 13.6. The number of nitrogens with one attached hydrogen (secondary N) is 7. The molecule has 2 heterocycles. The molecule has 5 aromatic rings. The molecule has 0 bridgehead atoms. The van der Waals surface area contributed by atoms with E-state index in [4.69, 9.17) is 0 Å². The van der Waals surface area contributed by atoms with Crippen molar-refractivity contribution >= 4 is 55.4 Å². The van der Waals surface area contributed by atoms with Gasteiger partial charge in [-0.1, -0.05) is 49.7 Å². The Kier molecular flexibility index (Phi) is 14.8. The van der Waals surface area contributed by atoms with E-state index in [0.29, 0.717) is 62.4 Å². The van der Waals surface area contributed by atoms with Crippen LogP contribution in [0.2, 0.25) is 0 Å². The number of aromatic nitrogens is 2. The van der Waals surface area contributed by atoms with Crippen molar-refractivity contribution in [3.63, 3.8) is 0 Å². The molecule has 0 saturated carbocycles. The maximum atomic E-state index is 13.7. The van der Waals surface area contributed by atoms with Crippen molar-refractivity contribution in [1.29, 1.82) is 0 Å². The zero-order valence-electron chi connectivity index (χ0n) is 41.8. The van der Waals surface area contributed by atoms with Crippen molar-refractivity contribution < 1.29 is 36.0 Å². The number of fused-ring (bicyclic) bond motifs is 5. The Morgan fingerprint density at radius 1 is 0.568 bits per heavy atom. The van der Waals surface area contributed by atoms with Gasteiger partial charge in [-0.05, 0) is 188 Å². The molecule has 2 unspecified atom stereocenters. The number of carbonyl (C=O) groups excluding carboxylic acids is 4. The summed E-state index contributed by atoms with van der Waals surface area (Å²) in [5, 5.41) is 14.5. The number of urea groups is 3. The quantitative estimate of drug-likeness (QED) is 0.0476. The third kappa shape index (κ3) is 11.2. The van der Waals surface area contributed by atoms with Crippen molar-refractivity contribution in [3.8, 4) is 0 Å². The molecule has 1 aromatic heterocycles. The van der Waals surface area contributed by atoms with E-state index in [2.05, 4.69) is 60.1 Å². The predicted octanol–water partition coefficient (Wildman–Crippen LogP) is 6.96. The van der Waals surface area contributed by atoms with Crippen LogP contribution < -0.4 is 36.0 Å². The Morgan fingerprint density at radius 2 is 1.08 bits per heavy atom. The lowest BCUT2D eigenvalue weighted by atomic mass is 9.87. The molecular formula is C55H65N9O8S2. The summed E-state index contributed by atoms with van der Waals surface area (Å²) in [5.41, 5.74) is 12.3. The maximum absolute atomic E-state index is 13.7. The van der Waals surface area contributed by atoms with Crippen molar-refractivity contribution in [1.82, 2.24) is 34.9 Å². The molecule has 74 heavy (non-hydrogen) atoms. The lowest BCUT2D eigenvalue weighted by molar-refractivity contribution is 0.0949. The normalized spacial score (nSPS) is 17.3. The third-order valence-corrected chi connectivity index (χ3v) is 18.2. The molecule has 2 atom stereocenters. The van der Waals surface area contributed by atoms with Gasteiger partial charge in [0.2, 0.25) is 0 Å². The Labute approximate surface area is 433 Å². The summed E-state index contributed by atoms with van der Waals surface area (Å²) < 4.78 is 60.6. The number of nitrogens with zero attached hydrogens (tertiary/aromatic N) is 2. The number of sulfonamides is 2. The first kappa shape index (κ1) is 50.8. The molecule has 17 nitrogen and oxygen atoms in total. The van der Waals surface area contributed by atoms with Gasteiger partial charge in [-0.15, -0.1) is 0 Å². The molecule has 4 aliphatic carbocycles. The van der Waals surface area contributed by atoms with Gasteiger partial charge in [-0.25, -0.2) is 45.6 Å². The molecule has 0 radical (unpaired) electrons. The lowest BCUT2D eigenvalue weighted by Crippen LogP contribution is -2.37. The molecule has 10 rings (SSSR count). The van der Waals surface area contributed by atoms with Crippen LogP contribution in [0.3, 0.4) is 0 Å². The summed E-state index contributed by atoms with van der Waals surface area (Å²) in [5.74, 6) is 1.12. The zero-order chi connectivity index (χ0) is 51.6. The average molecular weight is 1040 g/mol. The molecule has 1 aliphatic heterocycles. The summed E-state index contributed by atoms with van der Waals surface area (Å²) in [7, 11) is -8.43. The Balaban J connectivity index is 0.755. The van der Waals surface area contributed by atoms with Gasteiger partial charge < -0.3 is 31.2 Å². The first-order chi connectivity index (χ1) is 35.7. The van der Waals surface area contributed by atoms with Crippen LogP contribution in [0, 0.1) is 11.8 Å². The number of benzene rings is 4. The molecule has 4 aromatic carbocycles. The van der Waals surface area contributed by atoms with Gasteiger partial charge in [0.05, 0.1) is 9.79 Å². The highest BCUT2D eigenvalue weighted by Crippen LogP contribution is 2.47. The second kappa shape index (κ2) is 21.6. The largest absolute Gasteiger partial charge is 0.350 e. The molecule has 19 heteroatoms. The topological polar surface area (TPSA) is 239 Å². The minimum Gasteiger partial charge on any atom is -0.350 e. The van der Waals surface area contributed by atoms with E-state index >= 15 is 0 Å². The minimum absolute atomic E-state index is 0.0458. The molecule has 7 amide bonds. The van der Waals surface area contributed by atoms with E-state index in [1.807, 2.05) is 4.57 Å². The van der Waals surface area contributed by atoms with Crippen LogP contribution in [-0.4, -0.2) is 70.0 Å². The van der Waals surface area contributed by atoms with Crippen LogP contribution in [0.5, 0.6) is 0 Å². The first-order valence-electron chi connectivity index (χ1n) is 26.3. The molecule has 390 valence electrons. The zero-order valence-corrected chi connectivity index (χ0v) is 43.5. The highest BCUT2D eigenvalue weighted by Gasteiger charge is 2.39. The van der Waals surface area contributed by atoms with E-state index < -0.39 is 32.1 Å². The number of carbonyl (C=O) groups is 4. The van der Waals surface area contributed by atoms with Crippen LogP contribution in [0.15, 0.2) is 76.7 Å². The first-order valence-corrected chi connectivity index (χ1v) is 29.2.